The van der Waals surface area contributed by atoms with Gasteiger partial charge in [-0.2, -0.15) is 0 Å². The van der Waals surface area contributed by atoms with E-state index in [0.29, 0.717) is 0 Å². The molecule has 0 saturated heterocycles. The summed E-state index contributed by atoms with van der Waals surface area (Å²) >= 11 is -3.97. The summed E-state index contributed by atoms with van der Waals surface area (Å²) < 4.78 is 16.6. The molecular weight excluding hydrogens is 464 g/mol. The molecule has 0 saturated carbocycles. The van der Waals surface area contributed by atoms with Gasteiger partial charge < -0.3 is 0 Å². The van der Waals surface area contributed by atoms with Gasteiger partial charge in [-0.25, -0.2) is 0 Å². The van der Waals surface area contributed by atoms with Crippen molar-refractivity contribution in [2.45, 2.75) is 12.8 Å². The normalized spacial score (nSPS) is 15.0. The van der Waals surface area contributed by atoms with E-state index in [0.717, 1.165) is 35.7 Å². The molecule has 0 spiro atoms. The van der Waals surface area contributed by atoms with Crippen LogP contribution in [0.4, 0.5) is 11.4 Å². The summed E-state index contributed by atoms with van der Waals surface area (Å²) in [5.41, 5.74) is 2.23. The molecule has 0 N–H and O–H groups in total. The molecule has 0 fully saturated rings. The number of benzene rings is 2. The van der Waals surface area contributed by atoms with E-state index in [2.05, 4.69) is 82.7 Å². The molecule has 0 heterocycles. The van der Waals surface area contributed by atoms with E-state index in [1.54, 1.807) is 0 Å². The van der Waals surface area contributed by atoms with Gasteiger partial charge in [-0.15, -0.1) is 0 Å². The van der Waals surface area contributed by atoms with Crippen molar-refractivity contribution in [3.05, 3.63) is 91.5 Å². The van der Waals surface area contributed by atoms with Crippen LogP contribution in [0.25, 0.3) is 0 Å². The van der Waals surface area contributed by atoms with E-state index in [1.165, 1.54) is 6.56 Å². The van der Waals surface area contributed by atoms with Gasteiger partial charge in [0.2, 0.25) is 0 Å². The molecule has 0 unspecified atom stereocenters. The van der Waals surface area contributed by atoms with Crippen molar-refractivity contribution in [2.24, 2.45) is 0 Å². The summed E-state index contributed by atoms with van der Waals surface area (Å²) in [6, 6.07) is 16.6. The van der Waals surface area contributed by atoms with Crippen LogP contribution in [0.5, 0.6) is 11.5 Å². The summed E-state index contributed by atoms with van der Waals surface area (Å²) in [5.74, 6) is 1.73. The average molecular weight is 494 g/mol. The Morgan fingerprint density at radius 2 is 1.13 bits per heavy atom. The first-order valence-corrected chi connectivity index (χ1v) is 15.1. The third kappa shape index (κ3) is 4.72. The second-order valence-corrected chi connectivity index (χ2v) is 15.4. The Kier molecular flexibility index (Phi) is 6.52. The number of hydrogen-bond donors (Lipinski definition) is 0. The molecule has 0 aromatic heterocycles. The number of anilines is 2. The van der Waals surface area contributed by atoms with Gasteiger partial charge in [0.1, 0.15) is 0 Å². The molecule has 31 heavy (non-hydrogen) atoms. The van der Waals surface area contributed by atoms with Crippen molar-refractivity contribution in [3.8, 4) is 11.5 Å². The third-order valence-corrected chi connectivity index (χ3v) is 14.1. The first kappa shape index (κ1) is 21.7. The Bertz CT molecular complexity index is 981. The summed E-state index contributed by atoms with van der Waals surface area (Å²) in [6.45, 7) is 0. The molecule has 2 aliphatic rings. The predicted molar refractivity (Wildman–Crippen MR) is 126 cm³/mol. The maximum absolute atomic E-state index is 7.00. The topological polar surface area (TPSA) is 24.9 Å². The SMILES string of the molecule is CN(C)c1cccc([O][Zr]([O]c2cccc(N(C)C)c2)([C]2=CC=CC2)[C]2=CC=CC2)c1. The van der Waals surface area contributed by atoms with Crippen LogP contribution in [-0.4, -0.2) is 28.2 Å². The Morgan fingerprint density at radius 3 is 1.48 bits per heavy atom. The van der Waals surface area contributed by atoms with Gasteiger partial charge in [-0.05, 0) is 0 Å². The van der Waals surface area contributed by atoms with E-state index in [1.807, 2.05) is 40.3 Å². The van der Waals surface area contributed by atoms with Crippen LogP contribution < -0.4 is 15.4 Å². The molecule has 2 aromatic rings. The molecule has 5 heteroatoms. The molecule has 0 atom stereocenters. The summed E-state index contributed by atoms with van der Waals surface area (Å²) in [4.78, 5) is 4.19. The number of allylic oxidation sites excluding steroid dienone is 8. The maximum atomic E-state index is 7.00. The molecule has 0 bridgehead atoms. The Balaban J connectivity index is 1.79. The van der Waals surface area contributed by atoms with Crippen molar-refractivity contribution in [1.29, 1.82) is 0 Å². The van der Waals surface area contributed by atoms with Crippen LogP contribution in [0.2, 0.25) is 0 Å². The van der Waals surface area contributed by atoms with Crippen molar-refractivity contribution in [3.63, 3.8) is 0 Å². The molecule has 160 valence electrons. The fraction of sp³-hybridized carbons (Fsp3) is 0.231. The number of hydrogen-bond acceptors (Lipinski definition) is 4. The fourth-order valence-electron chi connectivity index (χ4n) is 3.85. The van der Waals surface area contributed by atoms with E-state index in [-0.39, 0.29) is 0 Å². The Morgan fingerprint density at radius 1 is 0.677 bits per heavy atom. The van der Waals surface area contributed by atoms with Crippen LogP contribution >= 0.6 is 0 Å². The van der Waals surface area contributed by atoms with Crippen molar-refractivity contribution < 1.29 is 26.8 Å². The molecule has 2 aliphatic carbocycles. The van der Waals surface area contributed by atoms with Crippen molar-refractivity contribution in [2.75, 3.05) is 38.0 Å². The molecule has 4 nitrogen and oxygen atoms in total. The molecule has 4 rings (SSSR count). The minimum absolute atomic E-state index is 0.867. The second-order valence-electron chi connectivity index (χ2n) is 8.25. The zero-order chi connectivity index (χ0) is 21.8. The summed E-state index contributed by atoms with van der Waals surface area (Å²) in [5, 5.41) is 0. The quantitative estimate of drug-likeness (QED) is 0.454. The summed E-state index contributed by atoms with van der Waals surface area (Å²) in [7, 11) is 8.19. The van der Waals surface area contributed by atoms with Gasteiger partial charge in [-0.3, -0.25) is 0 Å². The van der Waals surface area contributed by atoms with E-state index < -0.39 is 21.1 Å². The molecule has 2 aromatic carbocycles. The minimum atomic E-state index is -3.97. The predicted octanol–water partition coefficient (Wildman–Crippen LogP) is 5.95. The van der Waals surface area contributed by atoms with Crippen LogP contribution in [0.1, 0.15) is 12.8 Å². The van der Waals surface area contributed by atoms with Crippen molar-refractivity contribution in [1.82, 2.24) is 0 Å². The molecule has 0 amide bonds. The van der Waals surface area contributed by atoms with Crippen LogP contribution in [0.15, 0.2) is 91.5 Å². The van der Waals surface area contributed by atoms with Gasteiger partial charge in [0, 0.05) is 0 Å². The van der Waals surface area contributed by atoms with E-state index >= 15 is 0 Å². The first-order valence-electron chi connectivity index (χ1n) is 10.6. The average Bonchev–Trinajstić information content (AvgIpc) is 3.48. The van der Waals surface area contributed by atoms with Crippen LogP contribution in [-0.2, 0) is 21.1 Å². The Hall–Kier alpha value is -2.52. The third-order valence-electron chi connectivity index (χ3n) is 5.58. The van der Waals surface area contributed by atoms with Crippen LogP contribution in [0, 0.1) is 0 Å². The standard InChI is InChI=1S/2C8H11NO.2C5H5.Zr/c2*1-9(2)7-4-3-5-8(10)6-7;2*1-2-4-5-3-1;/h2*3-6,10H,1-2H3;2*1-3H,4H2;/q;;;;+2/p-2. The number of rotatable bonds is 8. The van der Waals surface area contributed by atoms with Gasteiger partial charge >= 0.3 is 192 Å². The zero-order valence-corrected chi connectivity index (χ0v) is 21.2. The van der Waals surface area contributed by atoms with Crippen LogP contribution in [0.3, 0.4) is 0 Å². The fourth-order valence-corrected chi connectivity index (χ4v) is 12.0. The first-order chi connectivity index (χ1) is 15.0. The van der Waals surface area contributed by atoms with Gasteiger partial charge in [0.15, 0.2) is 0 Å². The van der Waals surface area contributed by atoms with E-state index in [4.69, 9.17) is 5.63 Å². The zero-order valence-electron chi connectivity index (χ0n) is 18.7. The summed E-state index contributed by atoms with van der Waals surface area (Å²) in [6.07, 6.45) is 14.8. The molecular formula is C26H30N2O2Zr. The second kappa shape index (κ2) is 9.32. The molecule has 0 radical (unpaired) electrons. The van der Waals surface area contributed by atoms with Crippen molar-refractivity contribution >= 4 is 11.4 Å². The Labute approximate surface area is 191 Å². The van der Waals surface area contributed by atoms with Gasteiger partial charge in [-0.1, -0.05) is 0 Å². The number of nitrogens with zero attached hydrogens (tertiary/aromatic N) is 2. The van der Waals surface area contributed by atoms with E-state index in [9.17, 15) is 0 Å². The van der Waals surface area contributed by atoms with Gasteiger partial charge in [0.05, 0.1) is 0 Å². The monoisotopic (exact) mass is 492 g/mol. The van der Waals surface area contributed by atoms with Gasteiger partial charge in [0.25, 0.3) is 0 Å². The molecule has 0 aliphatic heterocycles.